The molecule has 1 rings (SSSR count). The largest absolute Gasteiger partial charge is 0.481 e. The van der Waals surface area contributed by atoms with Gasteiger partial charge in [-0.3, -0.25) is 9.59 Å². The Kier molecular flexibility index (Phi) is 6.60. The van der Waals surface area contributed by atoms with Gasteiger partial charge in [0.25, 0.3) is 0 Å². The fraction of sp³-hybridized carbons (Fsp3) is 0.429. The third kappa shape index (κ3) is 6.01. The molecule has 19 heavy (non-hydrogen) atoms. The molecule has 0 fully saturated rings. The lowest BCUT2D eigenvalue weighted by Gasteiger charge is -2.12. The lowest BCUT2D eigenvalue weighted by Crippen LogP contribution is -2.34. The highest BCUT2D eigenvalue weighted by Crippen LogP contribution is 2.09. The van der Waals surface area contributed by atoms with Gasteiger partial charge in [0, 0.05) is 13.0 Å². The number of amides is 1. The number of carbonyl (C=O) groups is 2. The van der Waals surface area contributed by atoms with Gasteiger partial charge in [0.1, 0.15) is 6.04 Å². The first-order valence-corrected chi connectivity index (χ1v) is 6.41. The number of unbranched alkanes of at least 4 members (excludes halogenated alkanes) is 2. The number of hydrogen-bond acceptors (Lipinski definition) is 3. The van der Waals surface area contributed by atoms with Gasteiger partial charge in [-0.05, 0) is 18.4 Å². The van der Waals surface area contributed by atoms with Gasteiger partial charge < -0.3 is 16.2 Å². The average molecular weight is 264 g/mol. The van der Waals surface area contributed by atoms with Crippen molar-refractivity contribution in [1.29, 1.82) is 0 Å². The van der Waals surface area contributed by atoms with E-state index < -0.39 is 12.0 Å². The number of hydrogen-bond donors (Lipinski definition) is 3. The van der Waals surface area contributed by atoms with Crippen molar-refractivity contribution < 1.29 is 14.7 Å². The quantitative estimate of drug-likeness (QED) is 0.619. The van der Waals surface area contributed by atoms with E-state index in [9.17, 15) is 9.59 Å². The predicted molar refractivity (Wildman–Crippen MR) is 72.5 cm³/mol. The van der Waals surface area contributed by atoms with Crippen LogP contribution in [-0.4, -0.2) is 23.5 Å². The summed E-state index contributed by atoms with van der Waals surface area (Å²) in [7, 11) is 0. The van der Waals surface area contributed by atoms with E-state index >= 15 is 0 Å². The van der Waals surface area contributed by atoms with Crippen LogP contribution < -0.4 is 11.1 Å². The van der Waals surface area contributed by atoms with Gasteiger partial charge >= 0.3 is 5.97 Å². The van der Waals surface area contributed by atoms with Crippen LogP contribution in [0.5, 0.6) is 0 Å². The molecule has 0 aliphatic rings. The Balaban J connectivity index is 2.19. The third-order valence-electron chi connectivity index (χ3n) is 2.81. The van der Waals surface area contributed by atoms with E-state index in [1.165, 1.54) is 0 Å². The summed E-state index contributed by atoms with van der Waals surface area (Å²) in [5.74, 6) is -0.987. The first-order chi connectivity index (χ1) is 9.11. The van der Waals surface area contributed by atoms with E-state index in [0.29, 0.717) is 13.0 Å². The molecule has 1 amide bonds. The number of nitrogens with one attached hydrogen (secondary N) is 1. The topological polar surface area (TPSA) is 92.4 Å². The number of carboxylic acid groups (broad SMARTS) is 1. The summed E-state index contributed by atoms with van der Waals surface area (Å²) < 4.78 is 0. The highest BCUT2D eigenvalue weighted by molar-refractivity contribution is 5.82. The molecule has 4 N–H and O–H groups in total. The maximum Gasteiger partial charge on any atom is 0.303 e. The van der Waals surface area contributed by atoms with E-state index in [-0.39, 0.29) is 12.3 Å². The Hall–Kier alpha value is -1.88. The van der Waals surface area contributed by atoms with Crippen LogP contribution in [-0.2, 0) is 9.59 Å². The molecule has 5 nitrogen and oxygen atoms in total. The molecule has 0 heterocycles. The van der Waals surface area contributed by atoms with Crippen molar-refractivity contribution in [2.24, 2.45) is 5.73 Å². The molecular formula is C14H20N2O3. The smallest absolute Gasteiger partial charge is 0.303 e. The van der Waals surface area contributed by atoms with Gasteiger partial charge in [-0.15, -0.1) is 0 Å². The zero-order valence-electron chi connectivity index (χ0n) is 10.8. The number of nitrogens with two attached hydrogens (primary N) is 1. The van der Waals surface area contributed by atoms with Gasteiger partial charge in [0.2, 0.25) is 5.91 Å². The van der Waals surface area contributed by atoms with Crippen LogP contribution in [0, 0.1) is 0 Å². The molecule has 1 atom stereocenters. The first kappa shape index (κ1) is 15.2. The Morgan fingerprint density at radius 1 is 1.16 bits per heavy atom. The highest BCUT2D eigenvalue weighted by atomic mass is 16.4. The molecule has 0 bridgehead atoms. The summed E-state index contributed by atoms with van der Waals surface area (Å²) >= 11 is 0. The zero-order chi connectivity index (χ0) is 14.1. The lowest BCUT2D eigenvalue weighted by molar-refractivity contribution is -0.137. The van der Waals surface area contributed by atoms with Crippen molar-refractivity contribution in [1.82, 2.24) is 5.32 Å². The molecule has 0 spiro atoms. The van der Waals surface area contributed by atoms with Crippen LogP contribution in [0.15, 0.2) is 30.3 Å². The molecule has 0 unspecified atom stereocenters. The van der Waals surface area contributed by atoms with E-state index in [1.54, 1.807) is 0 Å². The predicted octanol–water partition coefficient (Wildman–Crippen LogP) is 1.45. The molecule has 0 saturated heterocycles. The van der Waals surface area contributed by atoms with Crippen LogP contribution in [0.25, 0.3) is 0 Å². The second-order valence-electron chi connectivity index (χ2n) is 4.38. The normalized spacial score (nSPS) is 11.8. The Bertz CT molecular complexity index is 406. The van der Waals surface area contributed by atoms with Gasteiger partial charge in [0.05, 0.1) is 0 Å². The van der Waals surface area contributed by atoms with Crippen molar-refractivity contribution in [3.63, 3.8) is 0 Å². The average Bonchev–Trinajstić information content (AvgIpc) is 2.42. The van der Waals surface area contributed by atoms with Crippen molar-refractivity contribution in [2.75, 3.05) is 6.54 Å². The summed E-state index contributed by atoms with van der Waals surface area (Å²) in [6.45, 7) is 0.527. The number of benzene rings is 1. The van der Waals surface area contributed by atoms with Crippen molar-refractivity contribution >= 4 is 11.9 Å². The molecular weight excluding hydrogens is 244 g/mol. The standard InChI is InChI=1S/C14H20N2O3/c15-13(11-7-3-1-4-8-11)14(19)16-10-6-2-5-9-12(17)18/h1,3-4,7-8,13H,2,5-6,9-10,15H2,(H,16,19)(H,17,18)/t13-/m1/s1. The second-order valence-corrected chi connectivity index (χ2v) is 4.38. The summed E-state index contributed by atoms with van der Waals surface area (Å²) in [5, 5.41) is 11.2. The fourth-order valence-corrected chi connectivity index (χ4v) is 1.71. The number of carboxylic acids is 1. The van der Waals surface area contributed by atoms with Crippen LogP contribution >= 0.6 is 0 Å². The lowest BCUT2D eigenvalue weighted by atomic mass is 10.1. The molecule has 0 aromatic heterocycles. The molecule has 0 aliphatic heterocycles. The molecule has 104 valence electrons. The maximum absolute atomic E-state index is 11.8. The van der Waals surface area contributed by atoms with Crippen molar-refractivity contribution in [3.05, 3.63) is 35.9 Å². The molecule has 0 radical (unpaired) electrons. The van der Waals surface area contributed by atoms with E-state index in [4.69, 9.17) is 10.8 Å². The van der Waals surface area contributed by atoms with E-state index in [2.05, 4.69) is 5.32 Å². The molecule has 0 aliphatic carbocycles. The fourth-order valence-electron chi connectivity index (χ4n) is 1.71. The van der Waals surface area contributed by atoms with Gasteiger partial charge in [-0.25, -0.2) is 0 Å². The number of aliphatic carboxylic acids is 1. The van der Waals surface area contributed by atoms with Gasteiger partial charge in [-0.2, -0.15) is 0 Å². The Labute approximate surface area is 112 Å². The zero-order valence-corrected chi connectivity index (χ0v) is 10.8. The van der Waals surface area contributed by atoms with E-state index in [1.807, 2.05) is 30.3 Å². The SMILES string of the molecule is N[C@@H](C(=O)NCCCCCC(=O)O)c1ccccc1. The monoisotopic (exact) mass is 264 g/mol. The van der Waals surface area contributed by atoms with E-state index in [0.717, 1.165) is 18.4 Å². The maximum atomic E-state index is 11.8. The minimum Gasteiger partial charge on any atom is -0.481 e. The van der Waals surface area contributed by atoms with Crippen LogP contribution in [0.3, 0.4) is 0 Å². The molecule has 1 aromatic carbocycles. The summed E-state index contributed by atoms with van der Waals surface area (Å²) in [5.41, 5.74) is 6.61. The van der Waals surface area contributed by atoms with Crippen molar-refractivity contribution in [3.8, 4) is 0 Å². The van der Waals surface area contributed by atoms with Crippen LogP contribution in [0.4, 0.5) is 0 Å². The summed E-state index contributed by atoms with van der Waals surface area (Å²) in [6, 6.07) is 8.54. The van der Waals surface area contributed by atoms with Gasteiger partial charge in [0.15, 0.2) is 0 Å². The first-order valence-electron chi connectivity index (χ1n) is 6.41. The molecule has 1 aromatic rings. The molecule has 5 heteroatoms. The number of carbonyl (C=O) groups excluding carboxylic acids is 1. The summed E-state index contributed by atoms with van der Waals surface area (Å²) in [6.07, 6.45) is 2.36. The Morgan fingerprint density at radius 2 is 1.84 bits per heavy atom. The third-order valence-corrected chi connectivity index (χ3v) is 2.81. The minimum absolute atomic E-state index is 0.178. The highest BCUT2D eigenvalue weighted by Gasteiger charge is 2.14. The Morgan fingerprint density at radius 3 is 2.47 bits per heavy atom. The van der Waals surface area contributed by atoms with Gasteiger partial charge in [-0.1, -0.05) is 36.8 Å². The van der Waals surface area contributed by atoms with Crippen LogP contribution in [0.1, 0.15) is 37.3 Å². The second kappa shape index (κ2) is 8.26. The summed E-state index contributed by atoms with van der Waals surface area (Å²) in [4.78, 5) is 22.1. The molecule has 0 saturated carbocycles. The minimum atomic E-state index is -0.782. The van der Waals surface area contributed by atoms with Crippen LogP contribution in [0.2, 0.25) is 0 Å². The number of rotatable bonds is 8. The van der Waals surface area contributed by atoms with Crippen molar-refractivity contribution in [2.45, 2.75) is 31.7 Å².